The third-order valence-corrected chi connectivity index (χ3v) is 3.66. The van der Waals surface area contributed by atoms with E-state index in [2.05, 4.69) is 18.6 Å². The van der Waals surface area contributed by atoms with Gasteiger partial charge in [0.25, 0.3) is 0 Å². The molecule has 0 bridgehead atoms. The quantitative estimate of drug-likeness (QED) is 0.690. The molecule has 3 rings (SSSR count). The molecular weight excluding hydrogens is 292 g/mol. The molecule has 0 N–H and O–H groups in total. The first kappa shape index (κ1) is 15.0. The molecule has 6 nitrogen and oxygen atoms in total. The molecule has 0 saturated carbocycles. The van der Waals surface area contributed by atoms with Crippen molar-refractivity contribution in [2.24, 2.45) is 0 Å². The number of allylic oxidation sites excluding steroid dienone is 1. The van der Waals surface area contributed by atoms with Gasteiger partial charge >= 0.3 is 11.2 Å². The number of nitrogens with zero attached hydrogens (tertiary/aromatic N) is 4. The van der Waals surface area contributed by atoms with Crippen molar-refractivity contribution in [2.75, 3.05) is 0 Å². The van der Waals surface area contributed by atoms with E-state index in [0.29, 0.717) is 6.54 Å². The van der Waals surface area contributed by atoms with Crippen molar-refractivity contribution < 1.29 is 0 Å². The summed E-state index contributed by atoms with van der Waals surface area (Å²) < 4.78 is 4.03. The van der Waals surface area contributed by atoms with E-state index in [1.54, 1.807) is 12.4 Å². The van der Waals surface area contributed by atoms with Crippen LogP contribution >= 0.6 is 0 Å². The van der Waals surface area contributed by atoms with E-state index in [-0.39, 0.29) is 16.9 Å². The monoisotopic (exact) mass is 310 g/mol. The van der Waals surface area contributed by atoms with E-state index >= 15 is 0 Å². The summed E-state index contributed by atoms with van der Waals surface area (Å²) in [7, 11) is 0. The Morgan fingerprint density at radius 2 is 2.04 bits per heavy atom. The fourth-order valence-electron chi connectivity index (χ4n) is 2.50. The molecule has 0 spiro atoms. The fourth-order valence-corrected chi connectivity index (χ4v) is 2.50. The van der Waals surface area contributed by atoms with Gasteiger partial charge in [0.05, 0.1) is 6.54 Å². The highest BCUT2D eigenvalue weighted by molar-refractivity contribution is 5.41. The lowest BCUT2D eigenvalue weighted by Gasteiger charge is -2.06. The van der Waals surface area contributed by atoms with Crippen LogP contribution in [0.1, 0.15) is 19.4 Å². The van der Waals surface area contributed by atoms with Crippen LogP contribution in [0.25, 0.3) is 11.3 Å². The highest BCUT2D eigenvalue weighted by Gasteiger charge is 2.12. The van der Waals surface area contributed by atoms with Crippen LogP contribution in [-0.2, 0) is 13.0 Å². The van der Waals surface area contributed by atoms with Gasteiger partial charge in [0.2, 0.25) is 5.65 Å². The maximum absolute atomic E-state index is 12.7. The smallest absolute Gasteiger partial charge is 0.280 e. The summed E-state index contributed by atoms with van der Waals surface area (Å²) in [5.74, 6) is 0. The molecule has 1 aromatic carbocycles. The molecule has 23 heavy (non-hydrogen) atoms. The molecule has 0 unspecified atom stereocenters. The minimum absolute atomic E-state index is 0.112. The second kappa shape index (κ2) is 5.72. The van der Waals surface area contributed by atoms with E-state index in [9.17, 15) is 9.59 Å². The highest BCUT2D eigenvalue weighted by atomic mass is 16.2. The lowest BCUT2D eigenvalue weighted by Crippen LogP contribution is -2.24. The molecule has 0 amide bonds. The molecular formula is C17H18N4O2. The van der Waals surface area contributed by atoms with Gasteiger partial charge in [-0.25, -0.2) is 13.9 Å². The summed E-state index contributed by atoms with van der Waals surface area (Å²) >= 11 is 0. The summed E-state index contributed by atoms with van der Waals surface area (Å²) in [5, 5.41) is 4.15. The summed E-state index contributed by atoms with van der Waals surface area (Å²) in [4.78, 5) is 24.9. The van der Waals surface area contributed by atoms with Crippen molar-refractivity contribution in [1.82, 2.24) is 18.7 Å². The second-order valence-electron chi connectivity index (χ2n) is 5.59. The van der Waals surface area contributed by atoms with Gasteiger partial charge in [-0.15, -0.1) is 5.10 Å². The minimum Gasteiger partial charge on any atom is -0.280 e. The summed E-state index contributed by atoms with van der Waals surface area (Å²) in [5.41, 5.74) is 2.15. The Balaban J connectivity index is 2.21. The highest BCUT2D eigenvalue weighted by Crippen LogP contribution is 2.09. The maximum Gasteiger partial charge on any atom is 0.350 e. The lowest BCUT2D eigenvalue weighted by molar-refractivity contribution is 0.651. The van der Waals surface area contributed by atoms with Crippen LogP contribution in [0.2, 0.25) is 0 Å². The maximum atomic E-state index is 12.7. The molecule has 0 aliphatic heterocycles. The predicted octanol–water partition coefficient (Wildman–Crippen LogP) is 1.79. The van der Waals surface area contributed by atoms with Gasteiger partial charge in [0.15, 0.2) is 0 Å². The Labute approximate surface area is 132 Å². The number of fused-ring (bicyclic) bond motifs is 1. The average molecular weight is 310 g/mol. The lowest BCUT2D eigenvalue weighted by atomic mass is 10.1. The largest absolute Gasteiger partial charge is 0.350 e. The zero-order valence-electron chi connectivity index (χ0n) is 13.2. The van der Waals surface area contributed by atoms with Crippen LogP contribution in [0.4, 0.5) is 0 Å². The Kier molecular flexibility index (Phi) is 3.73. The number of rotatable bonds is 4. The molecule has 3 aromatic rings. The second-order valence-corrected chi connectivity index (χ2v) is 5.59. The van der Waals surface area contributed by atoms with E-state index in [0.717, 1.165) is 23.2 Å². The molecule has 6 heteroatoms. The van der Waals surface area contributed by atoms with Crippen molar-refractivity contribution in [1.29, 1.82) is 0 Å². The van der Waals surface area contributed by atoms with Gasteiger partial charge in [0, 0.05) is 18.1 Å². The first-order valence-electron chi connectivity index (χ1n) is 7.45. The van der Waals surface area contributed by atoms with Crippen LogP contribution in [0, 0.1) is 0 Å². The van der Waals surface area contributed by atoms with Crippen molar-refractivity contribution in [3.8, 4) is 5.69 Å². The van der Waals surface area contributed by atoms with Gasteiger partial charge in [-0.3, -0.25) is 9.36 Å². The van der Waals surface area contributed by atoms with Crippen LogP contribution < -0.4 is 11.2 Å². The Morgan fingerprint density at radius 3 is 2.74 bits per heavy atom. The zero-order chi connectivity index (χ0) is 16.6. The Hall–Kier alpha value is -2.89. The molecule has 0 aliphatic rings. The average Bonchev–Trinajstić information content (AvgIpc) is 2.85. The molecule has 0 saturated heterocycles. The topological polar surface area (TPSA) is 61.3 Å². The first-order valence-corrected chi connectivity index (χ1v) is 7.45. The van der Waals surface area contributed by atoms with E-state index < -0.39 is 0 Å². The third-order valence-electron chi connectivity index (χ3n) is 3.66. The van der Waals surface area contributed by atoms with Gasteiger partial charge < -0.3 is 0 Å². The predicted molar refractivity (Wildman–Crippen MR) is 89.2 cm³/mol. The van der Waals surface area contributed by atoms with Crippen molar-refractivity contribution in [2.45, 2.75) is 26.8 Å². The third kappa shape index (κ3) is 2.63. The molecule has 0 radical (unpaired) electrons. The van der Waals surface area contributed by atoms with Crippen molar-refractivity contribution in [3.05, 3.63) is 75.2 Å². The standard InChI is InChI=1S/C17H18N4O2/c1-4-13-6-5-7-14(10-13)19-8-9-20-15(16(19)22)18-21(17(20)23)11-12(2)3/h5-10H,2,4,11H2,1,3H3. The van der Waals surface area contributed by atoms with E-state index in [1.165, 1.54) is 13.6 Å². The van der Waals surface area contributed by atoms with Crippen LogP contribution in [0.3, 0.4) is 0 Å². The molecule has 0 atom stereocenters. The van der Waals surface area contributed by atoms with Crippen molar-refractivity contribution >= 4 is 5.65 Å². The van der Waals surface area contributed by atoms with Gasteiger partial charge in [0.1, 0.15) is 0 Å². The summed E-state index contributed by atoms with van der Waals surface area (Å²) in [6, 6.07) is 7.75. The summed E-state index contributed by atoms with van der Waals surface area (Å²) in [6.45, 7) is 7.94. The normalized spacial score (nSPS) is 11.0. The zero-order valence-corrected chi connectivity index (χ0v) is 13.2. The van der Waals surface area contributed by atoms with Crippen LogP contribution in [0.5, 0.6) is 0 Å². The number of aromatic nitrogens is 4. The fraction of sp³-hybridized carbons (Fsp3) is 0.235. The first-order chi connectivity index (χ1) is 11.0. The number of hydrogen-bond donors (Lipinski definition) is 0. The van der Waals surface area contributed by atoms with E-state index in [1.807, 2.05) is 31.2 Å². The van der Waals surface area contributed by atoms with Crippen LogP contribution in [0.15, 0.2) is 58.4 Å². The molecule has 2 aromatic heterocycles. The van der Waals surface area contributed by atoms with Crippen LogP contribution in [-0.4, -0.2) is 18.7 Å². The van der Waals surface area contributed by atoms with Gasteiger partial charge in [-0.05, 0) is 31.0 Å². The van der Waals surface area contributed by atoms with E-state index in [4.69, 9.17) is 0 Å². The van der Waals surface area contributed by atoms with Gasteiger partial charge in [-0.2, -0.15) is 0 Å². The molecule has 0 aliphatic carbocycles. The Bertz CT molecular complexity index is 1010. The van der Waals surface area contributed by atoms with Gasteiger partial charge in [-0.1, -0.05) is 31.2 Å². The molecule has 2 heterocycles. The minimum atomic E-state index is -0.338. The number of hydrogen-bond acceptors (Lipinski definition) is 3. The SMILES string of the molecule is C=C(C)Cn1nc2c(=O)n(-c3cccc(CC)c3)ccn2c1=O. The van der Waals surface area contributed by atoms with Crippen molar-refractivity contribution in [3.63, 3.8) is 0 Å². The molecule has 118 valence electrons. The molecule has 0 fully saturated rings. The number of aryl methyl sites for hydroxylation is 1. The summed E-state index contributed by atoms with van der Waals surface area (Å²) in [6.07, 6.45) is 4.05. The number of benzene rings is 1. The Morgan fingerprint density at radius 1 is 1.26 bits per heavy atom.